The highest BCUT2D eigenvalue weighted by Crippen LogP contribution is 2.33. The van der Waals surface area contributed by atoms with Gasteiger partial charge in [0.2, 0.25) is 5.91 Å². The molecule has 2 unspecified atom stereocenters. The Morgan fingerprint density at radius 2 is 1.79 bits per heavy atom. The van der Waals surface area contributed by atoms with Crippen molar-refractivity contribution in [3.05, 3.63) is 29.8 Å². The van der Waals surface area contributed by atoms with Gasteiger partial charge in [0, 0.05) is 31.7 Å². The first kappa shape index (κ1) is 22.5. The topological polar surface area (TPSA) is 75.9 Å². The summed E-state index contributed by atoms with van der Waals surface area (Å²) in [5, 5.41) is 0. The van der Waals surface area contributed by atoms with Gasteiger partial charge in [0.15, 0.2) is 0 Å². The van der Waals surface area contributed by atoms with E-state index in [9.17, 15) is 9.59 Å². The second kappa shape index (κ2) is 9.61. The fraction of sp³-hybridized carbons (Fsp3) is 0.619. The fourth-order valence-corrected chi connectivity index (χ4v) is 4.21. The molecule has 0 radical (unpaired) electrons. The molecule has 28 heavy (non-hydrogen) atoms. The molecule has 1 saturated carbocycles. The molecule has 156 valence electrons. The Balaban J connectivity index is 0.00000280. The highest BCUT2D eigenvalue weighted by Gasteiger charge is 2.40. The van der Waals surface area contributed by atoms with Crippen LogP contribution >= 0.6 is 12.4 Å². The van der Waals surface area contributed by atoms with Crippen molar-refractivity contribution in [1.29, 1.82) is 0 Å². The molecule has 1 aromatic rings. The third kappa shape index (κ3) is 4.78. The summed E-state index contributed by atoms with van der Waals surface area (Å²) in [4.78, 5) is 29.6. The number of rotatable bonds is 4. The molecule has 2 atom stereocenters. The molecule has 1 saturated heterocycles. The molecule has 2 fully saturated rings. The van der Waals surface area contributed by atoms with E-state index in [0.717, 1.165) is 25.7 Å². The van der Waals surface area contributed by atoms with Crippen molar-refractivity contribution in [1.82, 2.24) is 9.80 Å². The first-order valence-electron chi connectivity index (χ1n) is 10.0. The zero-order valence-electron chi connectivity index (χ0n) is 16.9. The number of piperazine rings is 1. The van der Waals surface area contributed by atoms with E-state index in [1.165, 1.54) is 0 Å². The lowest BCUT2D eigenvalue weighted by molar-refractivity contribution is -0.140. The van der Waals surface area contributed by atoms with Gasteiger partial charge in [0.25, 0.3) is 5.91 Å². The average molecular weight is 410 g/mol. The van der Waals surface area contributed by atoms with Gasteiger partial charge in [0.1, 0.15) is 5.75 Å². The number of carbonyl (C=O) groups is 2. The molecule has 2 amide bonds. The molecule has 1 heterocycles. The summed E-state index contributed by atoms with van der Waals surface area (Å²) in [5.41, 5.74) is 6.57. The second-order valence-corrected chi connectivity index (χ2v) is 7.85. The van der Waals surface area contributed by atoms with Crippen LogP contribution in [0.2, 0.25) is 0 Å². The smallest absolute Gasteiger partial charge is 0.257 e. The third-order valence-electron chi connectivity index (χ3n) is 5.85. The lowest BCUT2D eigenvalue weighted by Gasteiger charge is -2.42. The summed E-state index contributed by atoms with van der Waals surface area (Å²) >= 11 is 0. The SMILES string of the molecule is CCOc1ccccc1C(=O)N1CCN(C(=O)C2CCCCC2(C)N)CC1.Cl. The Morgan fingerprint density at radius 1 is 1.14 bits per heavy atom. The van der Waals surface area contributed by atoms with Gasteiger partial charge >= 0.3 is 0 Å². The number of nitrogens with zero attached hydrogens (tertiary/aromatic N) is 2. The van der Waals surface area contributed by atoms with Gasteiger partial charge in [-0.05, 0) is 38.8 Å². The van der Waals surface area contributed by atoms with E-state index in [1.807, 2.05) is 41.8 Å². The van der Waals surface area contributed by atoms with Crippen molar-refractivity contribution in [3.8, 4) is 5.75 Å². The van der Waals surface area contributed by atoms with Crippen molar-refractivity contribution in [2.24, 2.45) is 11.7 Å². The monoisotopic (exact) mass is 409 g/mol. The molecular weight excluding hydrogens is 378 g/mol. The Kier molecular flexibility index (Phi) is 7.72. The van der Waals surface area contributed by atoms with Crippen LogP contribution in [-0.2, 0) is 4.79 Å². The lowest BCUT2D eigenvalue weighted by atomic mass is 9.74. The van der Waals surface area contributed by atoms with Crippen LogP contribution in [0.1, 0.15) is 49.9 Å². The van der Waals surface area contributed by atoms with Gasteiger partial charge < -0.3 is 20.3 Å². The van der Waals surface area contributed by atoms with Crippen LogP contribution in [-0.4, -0.2) is 59.9 Å². The maximum absolute atomic E-state index is 13.0. The molecule has 0 bridgehead atoms. The van der Waals surface area contributed by atoms with Crippen LogP contribution < -0.4 is 10.5 Å². The van der Waals surface area contributed by atoms with Crippen LogP contribution in [0.25, 0.3) is 0 Å². The van der Waals surface area contributed by atoms with E-state index in [2.05, 4.69) is 0 Å². The molecule has 0 spiro atoms. The summed E-state index contributed by atoms with van der Waals surface area (Å²) in [7, 11) is 0. The predicted molar refractivity (Wildman–Crippen MR) is 112 cm³/mol. The van der Waals surface area contributed by atoms with Crippen molar-refractivity contribution >= 4 is 24.2 Å². The maximum Gasteiger partial charge on any atom is 0.257 e. The van der Waals surface area contributed by atoms with Gasteiger partial charge in [-0.2, -0.15) is 0 Å². The van der Waals surface area contributed by atoms with Crippen molar-refractivity contribution < 1.29 is 14.3 Å². The zero-order valence-corrected chi connectivity index (χ0v) is 17.7. The van der Waals surface area contributed by atoms with Gasteiger partial charge in [-0.25, -0.2) is 0 Å². The van der Waals surface area contributed by atoms with E-state index in [4.69, 9.17) is 10.5 Å². The molecule has 3 rings (SSSR count). The average Bonchev–Trinajstić information content (AvgIpc) is 2.67. The van der Waals surface area contributed by atoms with Crippen LogP contribution in [0.3, 0.4) is 0 Å². The minimum Gasteiger partial charge on any atom is -0.493 e. The molecular formula is C21H32ClN3O3. The summed E-state index contributed by atoms with van der Waals surface area (Å²) in [5.74, 6) is 0.630. The highest BCUT2D eigenvalue weighted by molar-refractivity contribution is 5.97. The number of halogens is 1. The lowest BCUT2D eigenvalue weighted by Crippen LogP contribution is -2.57. The Hall–Kier alpha value is -1.79. The van der Waals surface area contributed by atoms with E-state index >= 15 is 0 Å². The Bertz CT molecular complexity index is 687. The number of amides is 2. The van der Waals surface area contributed by atoms with E-state index in [1.54, 1.807) is 6.07 Å². The van der Waals surface area contributed by atoms with Crippen LogP contribution in [0.5, 0.6) is 5.75 Å². The van der Waals surface area contributed by atoms with Crippen LogP contribution in [0.4, 0.5) is 0 Å². The number of benzene rings is 1. The first-order valence-corrected chi connectivity index (χ1v) is 10.0. The summed E-state index contributed by atoms with van der Waals surface area (Å²) < 4.78 is 5.58. The Morgan fingerprint density at radius 3 is 2.43 bits per heavy atom. The number of carbonyl (C=O) groups excluding carboxylic acids is 2. The quantitative estimate of drug-likeness (QED) is 0.829. The predicted octanol–water partition coefficient (Wildman–Crippen LogP) is 2.70. The van der Waals surface area contributed by atoms with Crippen LogP contribution in [0.15, 0.2) is 24.3 Å². The number of hydrogen-bond donors (Lipinski definition) is 1. The number of nitrogens with two attached hydrogens (primary N) is 1. The minimum atomic E-state index is -0.418. The molecule has 2 N–H and O–H groups in total. The number of para-hydroxylation sites is 1. The fourth-order valence-electron chi connectivity index (χ4n) is 4.21. The van der Waals surface area contributed by atoms with Crippen molar-refractivity contribution in [2.45, 2.75) is 45.1 Å². The molecule has 0 aromatic heterocycles. The molecule has 7 heteroatoms. The van der Waals surface area contributed by atoms with E-state index < -0.39 is 5.54 Å². The number of hydrogen-bond acceptors (Lipinski definition) is 4. The van der Waals surface area contributed by atoms with Crippen molar-refractivity contribution in [3.63, 3.8) is 0 Å². The van der Waals surface area contributed by atoms with Gasteiger partial charge in [-0.15, -0.1) is 12.4 Å². The van der Waals surface area contributed by atoms with E-state index in [0.29, 0.717) is 44.1 Å². The normalized spacial score (nSPS) is 25.0. The Labute approximate surface area is 173 Å². The van der Waals surface area contributed by atoms with E-state index in [-0.39, 0.29) is 30.1 Å². The van der Waals surface area contributed by atoms with Gasteiger partial charge in [-0.1, -0.05) is 25.0 Å². The standard InChI is InChI=1S/C21H31N3O3.ClH/c1-3-27-18-10-5-4-8-16(18)19(25)23-12-14-24(15-13-23)20(26)17-9-6-7-11-21(17,2)22;/h4-5,8,10,17H,3,6-7,9,11-15,22H2,1-2H3;1H. The summed E-state index contributed by atoms with van der Waals surface area (Å²) in [6.45, 7) is 6.63. The van der Waals surface area contributed by atoms with Gasteiger partial charge in [-0.3, -0.25) is 9.59 Å². The molecule has 2 aliphatic rings. The summed E-state index contributed by atoms with van der Waals surface area (Å²) in [6, 6.07) is 7.33. The second-order valence-electron chi connectivity index (χ2n) is 7.85. The first-order chi connectivity index (χ1) is 12.9. The molecule has 1 aromatic carbocycles. The van der Waals surface area contributed by atoms with Gasteiger partial charge in [0.05, 0.1) is 18.1 Å². The zero-order chi connectivity index (χ0) is 19.4. The maximum atomic E-state index is 13.0. The molecule has 1 aliphatic carbocycles. The number of ether oxygens (including phenoxy) is 1. The minimum absolute atomic E-state index is 0. The largest absolute Gasteiger partial charge is 0.493 e. The third-order valence-corrected chi connectivity index (χ3v) is 5.85. The van der Waals surface area contributed by atoms with Crippen molar-refractivity contribution in [2.75, 3.05) is 32.8 Å². The summed E-state index contributed by atoms with van der Waals surface area (Å²) in [6.07, 6.45) is 3.93. The molecule has 1 aliphatic heterocycles. The van der Waals surface area contributed by atoms with Crippen LogP contribution in [0, 0.1) is 5.92 Å². The molecule has 6 nitrogen and oxygen atoms in total. The highest BCUT2D eigenvalue weighted by atomic mass is 35.5.